The largest absolute Gasteiger partial charge is 0.383 e. The van der Waals surface area contributed by atoms with Crippen LogP contribution in [0.1, 0.15) is 13.8 Å². The van der Waals surface area contributed by atoms with Crippen molar-refractivity contribution in [2.24, 2.45) is 5.73 Å². The summed E-state index contributed by atoms with van der Waals surface area (Å²) in [7, 11) is 1.63. The summed E-state index contributed by atoms with van der Waals surface area (Å²) in [6.07, 6.45) is 0. The van der Waals surface area contributed by atoms with Gasteiger partial charge in [-0.05, 0) is 0 Å². The van der Waals surface area contributed by atoms with Gasteiger partial charge in [0.2, 0.25) is 0 Å². The molecule has 0 saturated heterocycles. The van der Waals surface area contributed by atoms with Crippen LogP contribution in [-0.2, 0) is 4.74 Å². The van der Waals surface area contributed by atoms with Gasteiger partial charge in [-0.15, -0.1) is 0 Å². The summed E-state index contributed by atoms with van der Waals surface area (Å²) in [5.41, 5.74) is 5.01. The smallest absolute Gasteiger partial charge is 0.0584 e. The maximum atomic E-state index is 5.01. The summed E-state index contributed by atoms with van der Waals surface area (Å²) >= 11 is 0. The van der Waals surface area contributed by atoms with Crippen LogP contribution < -0.4 is 5.73 Å². The van der Waals surface area contributed by atoms with Gasteiger partial charge in [0.1, 0.15) is 0 Å². The summed E-state index contributed by atoms with van der Waals surface area (Å²) in [6.45, 7) is 5.29. The van der Waals surface area contributed by atoms with Crippen molar-refractivity contribution >= 4 is 0 Å². The monoisotopic (exact) mass is 105 g/mol. The summed E-state index contributed by atoms with van der Waals surface area (Å²) in [5.74, 6) is 0. The van der Waals surface area contributed by atoms with Gasteiger partial charge < -0.3 is 10.5 Å². The quantitative estimate of drug-likeness (QED) is 0.558. The van der Waals surface area contributed by atoms with E-state index in [4.69, 9.17) is 5.73 Å². The van der Waals surface area contributed by atoms with E-state index in [2.05, 4.69) is 4.74 Å². The Hall–Kier alpha value is -0.0800. The van der Waals surface area contributed by atoms with Gasteiger partial charge >= 0.3 is 0 Å². The normalized spacial score (nSPS) is 6.86. The zero-order valence-electron chi connectivity index (χ0n) is 5.40. The average molecular weight is 105 g/mol. The highest BCUT2D eigenvalue weighted by molar-refractivity contribution is 4.22. The van der Waals surface area contributed by atoms with Gasteiger partial charge in [-0.3, -0.25) is 0 Å². The summed E-state index contributed by atoms with van der Waals surface area (Å²) in [4.78, 5) is 0. The zero-order valence-corrected chi connectivity index (χ0v) is 5.40. The van der Waals surface area contributed by atoms with E-state index in [0.29, 0.717) is 13.2 Å². The molecule has 0 aliphatic rings. The Kier molecular flexibility index (Phi) is 24.1. The summed E-state index contributed by atoms with van der Waals surface area (Å²) in [5, 5.41) is 0. The van der Waals surface area contributed by atoms with E-state index in [9.17, 15) is 0 Å². The molecule has 0 fully saturated rings. The van der Waals surface area contributed by atoms with Gasteiger partial charge in [-0.25, -0.2) is 0 Å². The van der Waals surface area contributed by atoms with Crippen molar-refractivity contribution in [3.63, 3.8) is 0 Å². The van der Waals surface area contributed by atoms with Crippen molar-refractivity contribution < 1.29 is 4.74 Å². The van der Waals surface area contributed by atoms with Crippen LogP contribution in [0, 0.1) is 0 Å². The van der Waals surface area contributed by atoms with Crippen LogP contribution in [0.15, 0.2) is 0 Å². The Labute approximate surface area is 45.7 Å². The highest BCUT2D eigenvalue weighted by Crippen LogP contribution is 1.53. The molecule has 0 spiro atoms. The summed E-state index contributed by atoms with van der Waals surface area (Å²) < 4.78 is 4.57. The highest BCUT2D eigenvalue weighted by atomic mass is 16.5. The first kappa shape index (κ1) is 10.0. The first-order valence-electron chi connectivity index (χ1n) is 2.61. The molecule has 0 amide bonds. The second kappa shape index (κ2) is 16.8. The number of hydrogen-bond donors (Lipinski definition) is 1. The molecule has 0 aromatic carbocycles. The van der Waals surface area contributed by atoms with Crippen LogP contribution in [0.25, 0.3) is 0 Å². The minimum Gasteiger partial charge on any atom is -0.383 e. The molecule has 2 nitrogen and oxygen atoms in total. The van der Waals surface area contributed by atoms with Crippen LogP contribution in [-0.4, -0.2) is 20.3 Å². The Morgan fingerprint density at radius 3 is 1.86 bits per heavy atom. The lowest BCUT2D eigenvalue weighted by molar-refractivity contribution is 0.207. The van der Waals surface area contributed by atoms with E-state index in [1.165, 1.54) is 0 Å². The van der Waals surface area contributed by atoms with Gasteiger partial charge in [0.25, 0.3) is 0 Å². The van der Waals surface area contributed by atoms with Crippen LogP contribution in [0.5, 0.6) is 0 Å². The predicted octanol–water partition coefficient (Wildman–Crippen LogP) is 0.618. The lowest BCUT2D eigenvalue weighted by Gasteiger charge is -1.85. The molecule has 0 saturated carbocycles. The minimum atomic E-state index is 0.622. The SMILES string of the molecule is CC.COCCN. The number of nitrogens with two attached hydrogens (primary N) is 1. The molecule has 0 aromatic heterocycles. The molecule has 0 heterocycles. The van der Waals surface area contributed by atoms with E-state index >= 15 is 0 Å². The molecule has 0 rings (SSSR count). The zero-order chi connectivity index (χ0) is 6.12. The van der Waals surface area contributed by atoms with Crippen molar-refractivity contribution in [1.29, 1.82) is 0 Å². The molecule has 2 heteroatoms. The molecule has 2 N–H and O–H groups in total. The van der Waals surface area contributed by atoms with E-state index in [1.54, 1.807) is 7.11 Å². The fourth-order valence-corrected chi connectivity index (χ4v) is 0.118. The van der Waals surface area contributed by atoms with Crippen molar-refractivity contribution in [1.82, 2.24) is 0 Å². The number of methoxy groups -OCH3 is 1. The van der Waals surface area contributed by atoms with Crippen LogP contribution >= 0.6 is 0 Å². The van der Waals surface area contributed by atoms with Gasteiger partial charge in [-0.2, -0.15) is 0 Å². The Bertz CT molecular complexity index is 15.6. The van der Waals surface area contributed by atoms with Gasteiger partial charge in [0, 0.05) is 13.7 Å². The van der Waals surface area contributed by atoms with Crippen LogP contribution in [0.4, 0.5) is 0 Å². The standard InChI is InChI=1S/C3H9NO.C2H6/c1-5-3-2-4;1-2/h2-4H2,1H3;1-2H3. The average Bonchev–Trinajstić information content (AvgIpc) is 1.75. The lowest BCUT2D eigenvalue weighted by Crippen LogP contribution is -2.05. The Morgan fingerprint density at radius 1 is 1.43 bits per heavy atom. The topological polar surface area (TPSA) is 35.2 Å². The van der Waals surface area contributed by atoms with Crippen molar-refractivity contribution in [3.8, 4) is 0 Å². The number of rotatable bonds is 2. The lowest BCUT2D eigenvalue weighted by atomic mass is 10.7. The maximum Gasteiger partial charge on any atom is 0.0584 e. The van der Waals surface area contributed by atoms with E-state index in [0.717, 1.165) is 0 Å². The molecule has 0 bridgehead atoms. The van der Waals surface area contributed by atoms with Gasteiger partial charge in [0.15, 0.2) is 0 Å². The highest BCUT2D eigenvalue weighted by Gasteiger charge is 1.65. The van der Waals surface area contributed by atoms with Crippen LogP contribution in [0.3, 0.4) is 0 Å². The molecule has 46 valence electrons. The second-order valence-corrected chi connectivity index (χ2v) is 0.781. The van der Waals surface area contributed by atoms with Crippen molar-refractivity contribution in [3.05, 3.63) is 0 Å². The molecule has 0 aromatic rings. The first-order chi connectivity index (χ1) is 3.41. The number of hydrogen-bond acceptors (Lipinski definition) is 2. The van der Waals surface area contributed by atoms with E-state index in [-0.39, 0.29) is 0 Å². The molecular weight excluding hydrogens is 90.1 g/mol. The molecule has 0 radical (unpaired) electrons. The molecule has 0 atom stereocenters. The van der Waals surface area contributed by atoms with E-state index < -0.39 is 0 Å². The van der Waals surface area contributed by atoms with Gasteiger partial charge in [0.05, 0.1) is 6.61 Å². The minimum absolute atomic E-state index is 0.622. The van der Waals surface area contributed by atoms with Gasteiger partial charge in [-0.1, -0.05) is 13.8 Å². The summed E-state index contributed by atoms with van der Waals surface area (Å²) in [6, 6.07) is 0. The third-order valence-corrected chi connectivity index (χ3v) is 0.322. The second-order valence-electron chi connectivity index (χ2n) is 0.781. The molecule has 7 heavy (non-hydrogen) atoms. The predicted molar refractivity (Wildman–Crippen MR) is 32.3 cm³/mol. The Balaban J connectivity index is 0. The third kappa shape index (κ3) is 24.7. The van der Waals surface area contributed by atoms with Crippen molar-refractivity contribution in [2.45, 2.75) is 13.8 Å². The third-order valence-electron chi connectivity index (χ3n) is 0.322. The fraction of sp³-hybridized carbons (Fsp3) is 1.00. The first-order valence-corrected chi connectivity index (χ1v) is 2.61. The maximum absolute atomic E-state index is 5.01. The van der Waals surface area contributed by atoms with Crippen LogP contribution in [0.2, 0.25) is 0 Å². The number of ether oxygens (including phenoxy) is 1. The Morgan fingerprint density at radius 2 is 1.86 bits per heavy atom. The van der Waals surface area contributed by atoms with Crippen molar-refractivity contribution in [2.75, 3.05) is 20.3 Å². The molecule has 0 aliphatic heterocycles. The molecule has 0 aliphatic carbocycles. The molecule has 0 unspecified atom stereocenters. The molecular formula is C5H15NO. The fourth-order valence-electron chi connectivity index (χ4n) is 0.118. The van der Waals surface area contributed by atoms with E-state index in [1.807, 2.05) is 13.8 Å².